The zero-order chi connectivity index (χ0) is 11.1. The summed E-state index contributed by atoms with van der Waals surface area (Å²) in [4.78, 5) is 11.8. The number of nitriles is 1. The van der Waals surface area contributed by atoms with Gasteiger partial charge in [0.1, 0.15) is 4.75 Å². The van der Waals surface area contributed by atoms with Crippen LogP contribution in [-0.4, -0.2) is 12.2 Å². The molecule has 0 spiro atoms. The number of benzene rings is 1. The molecule has 0 fully saturated rings. The Bertz CT molecular complexity index is 478. The number of nitrogens with zero attached hydrogens (tertiary/aromatic N) is 1. The number of rotatable bonds is 1. The fourth-order valence-electron chi connectivity index (χ4n) is 1.68. The maximum absolute atomic E-state index is 11.8. The van der Waals surface area contributed by atoms with E-state index in [1.165, 1.54) is 11.8 Å². The van der Waals surface area contributed by atoms with E-state index in [-0.39, 0.29) is 5.91 Å². The molecule has 1 unspecified atom stereocenters. The molecule has 1 aromatic rings. The number of carbonyl (C=O) groups excluding carboxylic acids is 1. The molecule has 76 valence electrons. The Labute approximate surface area is 92.5 Å². The SMILES string of the molecule is CSC1(C)C(=O)Nc2ccc(C#N)cc21. The predicted octanol–water partition coefficient (Wildman–Crippen LogP) is 2.09. The second-order valence-corrected chi connectivity index (χ2v) is 4.79. The maximum atomic E-state index is 11.8. The van der Waals surface area contributed by atoms with Crippen LogP contribution in [0.3, 0.4) is 0 Å². The summed E-state index contributed by atoms with van der Waals surface area (Å²) in [7, 11) is 0. The van der Waals surface area contributed by atoms with E-state index in [1.807, 2.05) is 13.2 Å². The minimum Gasteiger partial charge on any atom is -0.324 e. The topological polar surface area (TPSA) is 52.9 Å². The molecule has 0 saturated heterocycles. The fraction of sp³-hybridized carbons (Fsp3) is 0.273. The van der Waals surface area contributed by atoms with Gasteiger partial charge in [-0.05, 0) is 31.4 Å². The van der Waals surface area contributed by atoms with E-state index in [2.05, 4.69) is 11.4 Å². The first kappa shape index (κ1) is 10.1. The number of thioether (sulfide) groups is 1. The zero-order valence-corrected chi connectivity index (χ0v) is 9.31. The number of carbonyl (C=O) groups is 1. The van der Waals surface area contributed by atoms with Gasteiger partial charge in [-0.1, -0.05) is 0 Å². The van der Waals surface area contributed by atoms with E-state index in [0.717, 1.165) is 11.3 Å². The van der Waals surface area contributed by atoms with Crippen molar-refractivity contribution in [3.8, 4) is 6.07 Å². The molecule has 0 bridgehead atoms. The van der Waals surface area contributed by atoms with Crippen LogP contribution in [0.1, 0.15) is 18.1 Å². The summed E-state index contributed by atoms with van der Waals surface area (Å²) in [5, 5.41) is 11.6. The van der Waals surface area contributed by atoms with Crippen LogP contribution in [0.15, 0.2) is 18.2 Å². The molecule has 3 nitrogen and oxygen atoms in total. The molecule has 2 rings (SSSR count). The lowest BCUT2D eigenvalue weighted by Gasteiger charge is -2.18. The third kappa shape index (κ3) is 1.31. The number of amides is 1. The van der Waals surface area contributed by atoms with Crippen molar-refractivity contribution in [3.05, 3.63) is 29.3 Å². The Kier molecular flexibility index (Phi) is 2.20. The summed E-state index contributed by atoms with van der Waals surface area (Å²) in [6.07, 6.45) is 1.90. The Morgan fingerprint density at radius 3 is 2.87 bits per heavy atom. The highest BCUT2D eigenvalue weighted by molar-refractivity contribution is 8.00. The van der Waals surface area contributed by atoms with Crippen molar-refractivity contribution >= 4 is 23.4 Å². The van der Waals surface area contributed by atoms with Gasteiger partial charge >= 0.3 is 0 Å². The van der Waals surface area contributed by atoms with E-state index in [4.69, 9.17) is 5.26 Å². The first-order valence-corrected chi connectivity index (χ1v) is 5.75. The van der Waals surface area contributed by atoms with Crippen LogP contribution in [-0.2, 0) is 9.54 Å². The van der Waals surface area contributed by atoms with E-state index in [0.29, 0.717) is 5.56 Å². The smallest absolute Gasteiger partial charge is 0.244 e. The first-order valence-electron chi connectivity index (χ1n) is 4.53. The molecule has 0 saturated carbocycles. The lowest BCUT2D eigenvalue weighted by molar-refractivity contribution is -0.117. The molecule has 1 aromatic carbocycles. The van der Waals surface area contributed by atoms with Crippen LogP contribution in [0.5, 0.6) is 0 Å². The normalized spacial score (nSPS) is 23.1. The van der Waals surface area contributed by atoms with Crippen molar-refractivity contribution in [1.29, 1.82) is 5.26 Å². The summed E-state index contributed by atoms with van der Waals surface area (Å²) in [5.41, 5.74) is 2.31. The molecule has 1 atom stereocenters. The van der Waals surface area contributed by atoms with Gasteiger partial charge in [0.05, 0.1) is 11.6 Å². The number of anilines is 1. The molecular weight excluding hydrogens is 208 g/mol. The van der Waals surface area contributed by atoms with Crippen LogP contribution in [0.4, 0.5) is 5.69 Å². The summed E-state index contributed by atoms with van der Waals surface area (Å²) < 4.78 is -0.567. The lowest BCUT2D eigenvalue weighted by Crippen LogP contribution is -2.26. The summed E-state index contributed by atoms with van der Waals surface area (Å²) >= 11 is 1.48. The molecule has 1 aliphatic rings. The maximum Gasteiger partial charge on any atom is 0.244 e. The molecule has 0 radical (unpaired) electrons. The quantitative estimate of drug-likeness (QED) is 0.785. The molecule has 1 amide bonds. The third-order valence-electron chi connectivity index (χ3n) is 2.75. The van der Waals surface area contributed by atoms with Gasteiger partial charge in [-0.15, -0.1) is 11.8 Å². The van der Waals surface area contributed by atoms with Crippen molar-refractivity contribution in [2.45, 2.75) is 11.7 Å². The molecular formula is C11H10N2OS. The fourth-order valence-corrected chi connectivity index (χ4v) is 2.31. The van der Waals surface area contributed by atoms with Crippen molar-refractivity contribution < 1.29 is 4.79 Å². The standard InChI is InChI=1S/C11H10N2OS/c1-11(15-2)8-5-7(6-12)3-4-9(8)13-10(11)14/h3-5H,1-2H3,(H,13,14). The molecule has 1 N–H and O–H groups in total. The monoisotopic (exact) mass is 218 g/mol. The summed E-state index contributed by atoms with van der Waals surface area (Å²) in [6.45, 7) is 1.87. The zero-order valence-electron chi connectivity index (χ0n) is 8.50. The van der Waals surface area contributed by atoms with Crippen molar-refractivity contribution in [1.82, 2.24) is 0 Å². The van der Waals surface area contributed by atoms with E-state index < -0.39 is 4.75 Å². The van der Waals surface area contributed by atoms with Crippen molar-refractivity contribution in [3.63, 3.8) is 0 Å². The van der Waals surface area contributed by atoms with Crippen LogP contribution in [0.25, 0.3) is 0 Å². The van der Waals surface area contributed by atoms with Gasteiger partial charge in [-0.25, -0.2) is 0 Å². The summed E-state index contributed by atoms with van der Waals surface area (Å²) in [5.74, 6) is -0.0138. The van der Waals surface area contributed by atoms with Crippen molar-refractivity contribution in [2.24, 2.45) is 0 Å². The largest absolute Gasteiger partial charge is 0.324 e. The minimum atomic E-state index is -0.567. The Hall–Kier alpha value is -1.47. The molecule has 0 aliphatic carbocycles. The average molecular weight is 218 g/mol. The Morgan fingerprint density at radius 2 is 2.27 bits per heavy atom. The molecule has 4 heteroatoms. The summed E-state index contributed by atoms with van der Waals surface area (Å²) in [6, 6.07) is 7.36. The number of fused-ring (bicyclic) bond motifs is 1. The van der Waals surface area contributed by atoms with E-state index in [1.54, 1.807) is 18.2 Å². The lowest BCUT2D eigenvalue weighted by atomic mass is 10.00. The van der Waals surface area contributed by atoms with Gasteiger partial charge in [0.15, 0.2) is 0 Å². The number of nitrogens with one attached hydrogen (secondary N) is 1. The first-order chi connectivity index (χ1) is 7.11. The van der Waals surface area contributed by atoms with Crippen LogP contribution < -0.4 is 5.32 Å². The molecule has 15 heavy (non-hydrogen) atoms. The predicted molar refractivity (Wildman–Crippen MR) is 60.7 cm³/mol. The minimum absolute atomic E-state index is 0.0138. The Balaban J connectivity index is 2.62. The van der Waals surface area contributed by atoms with E-state index in [9.17, 15) is 4.79 Å². The van der Waals surface area contributed by atoms with Crippen LogP contribution in [0.2, 0.25) is 0 Å². The van der Waals surface area contributed by atoms with Gasteiger partial charge < -0.3 is 5.32 Å². The van der Waals surface area contributed by atoms with Crippen LogP contribution in [0, 0.1) is 11.3 Å². The molecule has 1 heterocycles. The number of hydrogen-bond acceptors (Lipinski definition) is 3. The van der Waals surface area contributed by atoms with Crippen molar-refractivity contribution in [2.75, 3.05) is 11.6 Å². The van der Waals surface area contributed by atoms with Gasteiger partial charge in [0, 0.05) is 11.3 Å². The van der Waals surface area contributed by atoms with Gasteiger partial charge in [-0.3, -0.25) is 4.79 Å². The van der Waals surface area contributed by atoms with E-state index >= 15 is 0 Å². The highest BCUT2D eigenvalue weighted by atomic mass is 32.2. The highest BCUT2D eigenvalue weighted by Crippen LogP contribution is 2.44. The Morgan fingerprint density at radius 1 is 1.53 bits per heavy atom. The second kappa shape index (κ2) is 3.28. The number of hydrogen-bond donors (Lipinski definition) is 1. The molecule has 1 aliphatic heterocycles. The molecule has 0 aromatic heterocycles. The highest BCUT2D eigenvalue weighted by Gasteiger charge is 2.42. The van der Waals surface area contributed by atoms with Gasteiger partial charge in [-0.2, -0.15) is 5.26 Å². The van der Waals surface area contributed by atoms with Gasteiger partial charge in [0.25, 0.3) is 0 Å². The van der Waals surface area contributed by atoms with Gasteiger partial charge in [0.2, 0.25) is 5.91 Å². The third-order valence-corrected chi connectivity index (χ3v) is 3.97. The van der Waals surface area contributed by atoms with Crippen LogP contribution >= 0.6 is 11.8 Å². The average Bonchev–Trinajstić information content (AvgIpc) is 2.52. The second-order valence-electron chi connectivity index (χ2n) is 3.56.